The van der Waals surface area contributed by atoms with Gasteiger partial charge in [0.1, 0.15) is 6.54 Å². The van der Waals surface area contributed by atoms with E-state index in [9.17, 15) is 9.59 Å². The molecule has 1 heterocycles. The van der Waals surface area contributed by atoms with Gasteiger partial charge in [-0.25, -0.2) is 9.66 Å². The normalized spacial score (nSPS) is 10.7. The SMILES string of the molecule is O=C(CNn1c(-c2ccccc2)nc2ccccc2c1=O)Nc1ccc(Cl)cc1. The quantitative estimate of drug-likeness (QED) is 0.529. The second kappa shape index (κ2) is 8.16. The van der Waals surface area contributed by atoms with Gasteiger partial charge in [-0.15, -0.1) is 0 Å². The van der Waals surface area contributed by atoms with Gasteiger partial charge in [0, 0.05) is 16.3 Å². The highest BCUT2D eigenvalue weighted by atomic mass is 35.5. The van der Waals surface area contributed by atoms with Crippen molar-refractivity contribution in [3.8, 4) is 11.4 Å². The average molecular weight is 405 g/mol. The van der Waals surface area contributed by atoms with Crippen molar-refractivity contribution in [2.75, 3.05) is 17.3 Å². The summed E-state index contributed by atoms with van der Waals surface area (Å²) in [5.74, 6) is 0.139. The lowest BCUT2D eigenvalue weighted by Gasteiger charge is -2.15. The highest BCUT2D eigenvalue weighted by molar-refractivity contribution is 6.30. The van der Waals surface area contributed by atoms with E-state index in [1.807, 2.05) is 36.4 Å². The standard InChI is InChI=1S/C22H17ClN4O2/c23-16-10-12-17(13-11-16)25-20(28)14-24-27-21(15-6-2-1-3-7-15)26-19-9-5-4-8-18(19)22(27)29/h1-13,24H,14H2,(H,25,28). The number of amides is 1. The Hall–Kier alpha value is -3.64. The molecule has 144 valence electrons. The third-order valence-corrected chi connectivity index (χ3v) is 4.59. The molecule has 0 fully saturated rings. The van der Waals surface area contributed by atoms with Crippen LogP contribution in [0, 0.1) is 0 Å². The van der Waals surface area contributed by atoms with E-state index in [0.717, 1.165) is 5.56 Å². The minimum atomic E-state index is -0.300. The summed E-state index contributed by atoms with van der Waals surface area (Å²) in [6.45, 7) is -0.109. The van der Waals surface area contributed by atoms with Crippen molar-refractivity contribution in [1.29, 1.82) is 0 Å². The summed E-state index contributed by atoms with van der Waals surface area (Å²) >= 11 is 5.86. The van der Waals surface area contributed by atoms with E-state index in [4.69, 9.17) is 11.6 Å². The van der Waals surface area contributed by atoms with Crippen LogP contribution < -0.4 is 16.3 Å². The summed E-state index contributed by atoms with van der Waals surface area (Å²) in [5.41, 5.74) is 4.62. The van der Waals surface area contributed by atoms with Crippen LogP contribution in [0.3, 0.4) is 0 Å². The van der Waals surface area contributed by atoms with E-state index in [2.05, 4.69) is 15.7 Å². The maximum atomic E-state index is 13.0. The van der Waals surface area contributed by atoms with Crippen molar-refractivity contribution in [3.63, 3.8) is 0 Å². The van der Waals surface area contributed by atoms with Crippen LogP contribution in [0.15, 0.2) is 83.7 Å². The van der Waals surface area contributed by atoms with Gasteiger partial charge in [-0.1, -0.05) is 54.1 Å². The molecule has 0 aliphatic rings. The van der Waals surface area contributed by atoms with E-state index in [0.29, 0.717) is 27.4 Å². The highest BCUT2D eigenvalue weighted by Gasteiger charge is 2.13. The van der Waals surface area contributed by atoms with Crippen LogP contribution in [0.4, 0.5) is 5.69 Å². The molecule has 6 nitrogen and oxygen atoms in total. The predicted octanol–water partition coefficient (Wildman–Crippen LogP) is 3.90. The second-order valence-corrected chi connectivity index (χ2v) is 6.79. The van der Waals surface area contributed by atoms with Crippen LogP contribution in [-0.4, -0.2) is 22.1 Å². The van der Waals surface area contributed by atoms with Crippen LogP contribution in [0.2, 0.25) is 5.02 Å². The molecule has 0 atom stereocenters. The molecule has 0 radical (unpaired) electrons. The molecule has 4 aromatic rings. The maximum absolute atomic E-state index is 13.0. The summed E-state index contributed by atoms with van der Waals surface area (Å²) in [5, 5.41) is 3.82. The average Bonchev–Trinajstić information content (AvgIpc) is 2.75. The monoisotopic (exact) mass is 404 g/mol. The van der Waals surface area contributed by atoms with Crippen molar-refractivity contribution in [2.45, 2.75) is 0 Å². The van der Waals surface area contributed by atoms with Gasteiger partial charge >= 0.3 is 0 Å². The Balaban J connectivity index is 1.65. The van der Waals surface area contributed by atoms with E-state index >= 15 is 0 Å². The number of para-hydroxylation sites is 1. The molecule has 1 aromatic heterocycles. The zero-order chi connectivity index (χ0) is 20.2. The van der Waals surface area contributed by atoms with Crippen molar-refractivity contribution in [1.82, 2.24) is 9.66 Å². The Kier molecular flexibility index (Phi) is 5.27. The van der Waals surface area contributed by atoms with E-state index < -0.39 is 0 Å². The molecule has 2 N–H and O–H groups in total. The largest absolute Gasteiger partial charge is 0.325 e. The molecule has 1 amide bonds. The fourth-order valence-corrected chi connectivity index (χ4v) is 3.08. The van der Waals surface area contributed by atoms with E-state index in [-0.39, 0.29) is 18.0 Å². The summed E-state index contributed by atoms with van der Waals surface area (Å²) in [6, 6.07) is 23.3. The maximum Gasteiger partial charge on any atom is 0.280 e. The first-order chi connectivity index (χ1) is 14.1. The zero-order valence-corrected chi connectivity index (χ0v) is 16.1. The second-order valence-electron chi connectivity index (χ2n) is 6.35. The van der Waals surface area contributed by atoms with Crippen LogP contribution >= 0.6 is 11.6 Å². The summed E-state index contributed by atoms with van der Waals surface area (Å²) < 4.78 is 1.32. The smallest absolute Gasteiger partial charge is 0.280 e. The van der Waals surface area contributed by atoms with Gasteiger partial charge in [0.25, 0.3) is 5.56 Å². The number of nitrogens with zero attached hydrogens (tertiary/aromatic N) is 2. The van der Waals surface area contributed by atoms with Gasteiger partial charge in [-0.2, -0.15) is 0 Å². The van der Waals surface area contributed by atoms with E-state index in [1.54, 1.807) is 42.5 Å². The first-order valence-corrected chi connectivity index (χ1v) is 9.36. The molecular weight excluding hydrogens is 388 g/mol. The Morgan fingerprint density at radius 1 is 0.931 bits per heavy atom. The highest BCUT2D eigenvalue weighted by Crippen LogP contribution is 2.18. The first kappa shape index (κ1) is 18.7. The molecule has 4 rings (SSSR count). The van der Waals surface area contributed by atoms with Gasteiger partial charge in [0.05, 0.1) is 10.9 Å². The molecule has 0 aliphatic heterocycles. The van der Waals surface area contributed by atoms with Gasteiger partial charge in [-0.05, 0) is 36.4 Å². The van der Waals surface area contributed by atoms with Crippen molar-refractivity contribution in [3.05, 3.63) is 94.2 Å². The molecule has 0 bridgehead atoms. The van der Waals surface area contributed by atoms with Crippen LogP contribution in [0.25, 0.3) is 22.3 Å². The topological polar surface area (TPSA) is 76.0 Å². The van der Waals surface area contributed by atoms with Crippen LogP contribution in [0.5, 0.6) is 0 Å². The van der Waals surface area contributed by atoms with Crippen molar-refractivity contribution >= 4 is 34.1 Å². The minimum absolute atomic E-state index is 0.109. The number of fused-ring (bicyclic) bond motifs is 1. The Morgan fingerprint density at radius 3 is 2.38 bits per heavy atom. The van der Waals surface area contributed by atoms with Crippen LogP contribution in [0.1, 0.15) is 0 Å². The number of aromatic nitrogens is 2. The Labute approximate surface area is 171 Å². The number of benzene rings is 3. The number of anilines is 1. The van der Waals surface area contributed by atoms with Gasteiger partial charge in [0.15, 0.2) is 5.82 Å². The first-order valence-electron chi connectivity index (χ1n) is 8.98. The fraction of sp³-hybridized carbons (Fsp3) is 0.0455. The van der Waals surface area contributed by atoms with Gasteiger partial charge < -0.3 is 10.7 Å². The Bertz CT molecular complexity index is 1220. The van der Waals surface area contributed by atoms with Gasteiger partial charge in [0.2, 0.25) is 5.91 Å². The summed E-state index contributed by atoms with van der Waals surface area (Å²) in [4.78, 5) is 30.0. The number of nitrogens with one attached hydrogen (secondary N) is 2. The minimum Gasteiger partial charge on any atom is -0.325 e. The zero-order valence-electron chi connectivity index (χ0n) is 15.3. The third-order valence-electron chi connectivity index (χ3n) is 4.33. The Morgan fingerprint density at radius 2 is 1.62 bits per heavy atom. The molecule has 0 unspecified atom stereocenters. The number of carbonyl (C=O) groups excluding carboxylic acids is 1. The molecule has 0 saturated heterocycles. The molecule has 0 spiro atoms. The molecule has 0 saturated carbocycles. The van der Waals surface area contributed by atoms with Crippen LogP contribution in [-0.2, 0) is 4.79 Å². The summed E-state index contributed by atoms with van der Waals surface area (Å²) in [6.07, 6.45) is 0. The molecule has 7 heteroatoms. The number of rotatable bonds is 5. The van der Waals surface area contributed by atoms with Gasteiger partial charge in [-0.3, -0.25) is 9.59 Å². The lowest BCUT2D eigenvalue weighted by molar-refractivity contribution is -0.114. The third kappa shape index (κ3) is 4.12. The molecule has 0 aliphatic carbocycles. The number of hydrogen-bond acceptors (Lipinski definition) is 4. The van der Waals surface area contributed by atoms with E-state index in [1.165, 1.54) is 4.68 Å². The molecule has 29 heavy (non-hydrogen) atoms. The lowest BCUT2D eigenvalue weighted by Crippen LogP contribution is -2.36. The molecular formula is C22H17ClN4O2. The number of carbonyl (C=O) groups is 1. The predicted molar refractivity (Wildman–Crippen MR) is 116 cm³/mol. The lowest BCUT2D eigenvalue weighted by atomic mass is 10.2. The summed E-state index contributed by atoms with van der Waals surface area (Å²) in [7, 11) is 0. The molecule has 3 aromatic carbocycles. The van der Waals surface area contributed by atoms with Crippen molar-refractivity contribution < 1.29 is 4.79 Å². The number of halogens is 1. The number of hydrogen-bond donors (Lipinski definition) is 2. The van der Waals surface area contributed by atoms with Crippen molar-refractivity contribution in [2.24, 2.45) is 0 Å². The fourth-order valence-electron chi connectivity index (χ4n) is 2.95.